The second-order valence-corrected chi connectivity index (χ2v) is 7.31. The van der Waals surface area contributed by atoms with Crippen molar-refractivity contribution in [3.05, 3.63) is 18.3 Å². The van der Waals surface area contributed by atoms with Crippen LogP contribution < -0.4 is 5.32 Å². The van der Waals surface area contributed by atoms with Crippen molar-refractivity contribution < 1.29 is 8.42 Å². The molecule has 2 unspecified atom stereocenters. The van der Waals surface area contributed by atoms with Crippen molar-refractivity contribution in [1.29, 1.82) is 0 Å². The summed E-state index contributed by atoms with van der Waals surface area (Å²) in [5.74, 6) is 1.12. The van der Waals surface area contributed by atoms with Crippen LogP contribution in [0.1, 0.15) is 39.0 Å². The van der Waals surface area contributed by atoms with Crippen LogP contribution in [0.25, 0.3) is 0 Å². The number of sulfone groups is 1. The van der Waals surface area contributed by atoms with Crippen LogP contribution in [0.5, 0.6) is 0 Å². The lowest BCUT2D eigenvalue weighted by Gasteiger charge is -2.32. The van der Waals surface area contributed by atoms with Crippen molar-refractivity contribution in [2.45, 2.75) is 50.0 Å². The second kappa shape index (κ2) is 5.90. The molecular formula is C14H22N2O2S. The first-order valence-electron chi connectivity index (χ1n) is 6.94. The van der Waals surface area contributed by atoms with Gasteiger partial charge >= 0.3 is 0 Å². The molecule has 106 valence electrons. The van der Waals surface area contributed by atoms with Gasteiger partial charge in [-0.1, -0.05) is 26.2 Å². The molecule has 1 aliphatic rings. The normalized spacial score (nSPS) is 24.1. The highest BCUT2D eigenvalue weighted by atomic mass is 32.2. The third-order valence-corrected chi connectivity index (χ3v) is 5.05. The van der Waals surface area contributed by atoms with E-state index in [4.69, 9.17) is 0 Å². The van der Waals surface area contributed by atoms with Gasteiger partial charge in [0.1, 0.15) is 10.7 Å². The Morgan fingerprint density at radius 2 is 2.11 bits per heavy atom. The molecule has 1 saturated carbocycles. The number of hydrogen-bond donors (Lipinski definition) is 1. The van der Waals surface area contributed by atoms with Crippen molar-refractivity contribution in [3.63, 3.8) is 0 Å². The first kappa shape index (κ1) is 14.3. The number of rotatable bonds is 4. The molecule has 2 rings (SSSR count). The van der Waals surface area contributed by atoms with Crippen LogP contribution in [0.3, 0.4) is 0 Å². The summed E-state index contributed by atoms with van der Waals surface area (Å²) in [4.78, 5) is 4.52. The fourth-order valence-electron chi connectivity index (χ4n) is 2.86. The van der Waals surface area contributed by atoms with Gasteiger partial charge in [0.05, 0.1) is 0 Å². The maximum atomic E-state index is 11.8. The van der Waals surface area contributed by atoms with Gasteiger partial charge in [0.25, 0.3) is 0 Å². The Morgan fingerprint density at radius 1 is 1.37 bits per heavy atom. The van der Waals surface area contributed by atoms with Gasteiger partial charge < -0.3 is 5.32 Å². The molecule has 19 heavy (non-hydrogen) atoms. The van der Waals surface area contributed by atoms with E-state index in [1.165, 1.54) is 25.5 Å². The van der Waals surface area contributed by atoms with E-state index in [9.17, 15) is 8.42 Å². The second-order valence-electron chi connectivity index (χ2n) is 5.33. The van der Waals surface area contributed by atoms with E-state index in [1.54, 1.807) is 18.3 Å². The summed E-state index contributed by atoms with van der Waals surface area (Å²) in [6, 6.07) is 3.63. The highest BCUT2D eigenvalue weighted by Crippen LogP contribution is 2.30. The highest BCUT2D eigenvalue weighted by molar-refractivity contribution is 7.90. The van der Waals surface area contributed by atoms with Gasteiger partial charge in [-0.15, -0.1) is 0 Å². The minimum Gasteiger partial charge on any atom is -0.366 e. The van der Waals surface area contributed by atoms with E-state index in [2.05, 4.69) is 17.2 Å². The molecule has 0 amide bonds. The van der Waals surface area contributed by atoms with E-state index in [1.807, 2.05) is 0 Å². The van der Waals surface area contributed by atoms with E-state index >= 15 is 0 Å². The van der Waals surface area contributed by atoms with Crippen LogP contribution in [0, 0.1) is 5.92 Å². The quantitative estimate of drug-likeness (QED) is 0.922. The number of nitrogens with one attached hydrogen (secondary N) is 1. The fourth-order valence-corrected chi connectivity index (χ4v) is 3.65. The largest absolute Gasteiger partial charge is 0.366 e. The molecule has 0 aliphatic heterocycles. The molecule has 1 fully saturated rings. The fraction of sp³-hybridized carbons (Fsp3) is 0.643. The third-order valence-electron chi connectivity index (χ3n) is 3.93. The smallest absolute Gasteiger partial charge is 0.179 e. The van der Waals surface area contributed by atoms with Gasteiger partial charge in [-0.25, -0.2) is 13.4 Å². The average molecular weight is 282 g/mol. The lowest BCUT2D eigenvalue weighted by molar-refractivity contribution is 0.316. The van der Waals surface area contributed by atoms with Crippen molar-refractivity contribution in [2.24, 2.45) is 5.92 Å². The van der Waals surface area contributed by atoms with E-state index < -0.39 is 9.84 Å². The molecule has 1 aliphatic carbocycles. The van der Waals surface area contributed by atoms with Crippen LogP contribution in [0.2, 0.25) is 0 Å². The van der Waals surface area contributed by atoms with E-state index in [0.29, 0.717) is 22.7 Å². The maximum Gasteiger partial charge on any atom is 0.179 e. The Kier molecular flexibility index (Phi) is 4.45. The molecule has 1 aromatic heterocycles. The Morgan fingerprint density at radius 3 is 2.79 bits per heavy atom. The molecule has 0 spiro atoms. The van der Waals surface area contributed by atoms with Gasteiger partial charge in [-0.3, -0.25) is 0 Å². The summed E-state index contributed by atoms with van der Waals surface area (Å²) in [6.45, 7) is 2.20. The van der Waals surface area contributed by atoms with Gasteiger partial charge in [0.15, 0.2) is 9.84 Å². The minimum absolute atomic E-state index is 0.301. The predicted molar refractivity (Wildman–Crippen MR) is 77.0 cm³/mol. The van der Waals surface area contributed by atoms with Gasteiger partial charge in [-0.05, 0) is 30.9 Å². The zero-order valence-electron chi connectivity index (χ0n) is 11.6. The highest BCUT2D eigenvalue weighted by Gasteiger charge is 2.25. The molecule has 0 radical (unpaired) electrons. The molecule has 5 heteroatoms. The van der Waals surface area contributed by atoms with Gasteiger partial charge in [0.2, 0.25) is 0 Å². The average Bonchev–Trinajstić information content (AvgIpc) is 2.39. The number of hydrogen-bond acceptors (Lipinski definition) is 4. The van der Waals surface area contributed by atoms with Crippen molar-refractivity contribution in [1.82, 2.24) is 4.98 Å². The summed E-state index contributed by atoms with van der Waals surface area (Å²) >= 11 is 0. The third kappa shape index (κ3) is 3.47. The number of pyridine rings is 1. The van der Waals surface area contributed by atoms with E-state index in [0.717, 1.165) is 12.8 Å². The summed E-state index contributed by atoms with van der Waals surface area (Å²) < 4.78 is 23.5. The summed E-state index contributed by atoms with van der Waals surface area (Å²) in [5.41, 5.74) is 0. The monoisotopic (exact) mass is 282 g/mol. The van der Waals surface area contributed by atoms with Crippen LogP contribution in [-0.4, -0.2) is 25.7 Å². The van der Waals surface area contributed by atoms with Crippen LogP contribution in [0.4, 0.5) is 5.82 Å². The molecule has 2 atom stereocenters. The summed E-state index contributed by atoms with van der Waals surface area (Å²) in [5, 5.41) is 3.37. The zero-order chi connectivity index (χ0) is 13.9. The van der Waals surface area contributed by atoms with Gasteiger partial charge in [-0.2, -0.15) is 0 Å². The molecule has 0 aromatic carbocycles. The molecular weight excluding hydrogens is 260 g/mol. The van der Waals surface area contributed by atoms with Crippen LogP contribution in [-0.2, 0) is 9.84 Å². The van der Waals surface area contributed by atoms with Crippen LogP contribution in [0.15, 0.2) is 23.2 Å². The first-order valence-corrected chi connectivity index (χ1v) is 8.83. The molecule has 1 aromatic rings. The van der Waals surface area contributed by atoms with E-state index in [-0.39, 0.29) is 0 Å². The van der Waals surface area contributed by atoms with Crippen LogP contribution >= 0.6 is 0 Å². The lowest BCUT2D eigenvalue weighted by Crippen LogP contribution is -2.32. The SMILES string of the molecule is CCC1CCCCC1Nc1ncccc1S(C)(=O)=O. The van der Waals surface area contributed by atoms with Crippen molar-refractivity contribution in [2.75, 3.05) is 11.6 Å². The summed E-state index contributed by atoms with van der Waals surface area (Å²) in [7, 11) is -3.23. The zero-order valence-corrected chi connectivity index (χ0v) is 12.4. The molecule has 0 bridgehead atoms. The van der Waals surface area contributed by atoms with Gasteiger partial charge in [0, 0.05) is 18.5 Å². The van der Waals surface area contributed by atoms with Crippen molar-refractivity contribution in [3.8, 4) is 0 Å². The minimum atomic E-state index is -3.23. The van der Waals surface area contributed by atoms with Crippen molar-refractivity contribution >= 4 is 15.7 Å². The molecule has 1 N–H and O–H groups in total. The molecule has 1 heterocycles. The number of anilines is 1. The Bertz CT molecular complexity index is 528. The first-order chi connectivity index (χ1) is 9.02. The summed E-state index contributed by atoms with van der Waals surface area (Å²) in [6.07, 6.45) is 8.79. The Balaban J connectivity index is 2.23. The number of aromatic nitrogens is 1. The molecule has 0 saturated heterocycles. The Hall–Kier alpha value is -1.10. The standard InChI is InChI=1S/C14H22N2O2S/c1-3-11-7-4-5-8-12(11)16-14-13(19(2,17)18)9-6-10-15-14/h6,9-12H,3-5,7-8H2,1-2H3,(H,15,16). The number of nitrogens with zero attached hydrogens (tertiary/aromatic N) is 1. The lowest BCUT2D eigenvalue weighted by atomic mass is 9.83. The molecule has 4 nitrogen and oxygen atoms in total. The maximum absolute atomic E-state index is 11.8. The Labute approximate surface area is 115 Å². The topological polar surface area (TPSA) is 59.1 Å². The predicted octanol–water partition coefficient (Wildman–Crippen LogP) is 2.87.